The van der Waals surface area contributed by atoms with Crippen molar-refractivity contribution in [1.29, 1.82) is 0 Å². The molecule has 1 aliphatic rings. The van der Waals surface area contributed by atoms with Crippen LogP contribution in [0.2, 0.25) is 0 Å². The Bertz CT molecular complexity index is 587. The van der Waals surface area contributed by atoms with Crippen molar-refractivity contribution in [2.75, 3.05) is 5.75 Å². The van der Waals surface area contributed by atoms with E-state index in [0.717, 1.165) is 25.0 Å². The summed E-state index contributed by atoms with van der Waals surface area (Å²) in [6, 6.07) is 1.80. The van der Waals surface area contributed by atoms with Gasteiger partial charge in [-0.1, -0.05) is 51.8 Å². The minimum atomic E-state index is -0.152. The topological polar surface area (TPSA) is 74.8 Å². The van der Waals surface area contributed by atoms with E-state index in [0.29, 0.717) is 17.0 Å². The van der Waals surface area contributed by atoms with Gasteiger partial charge in [0.05, 0.1) is 5.75 Å². The third kappa shape index (κ3) is 5.37. The Hall–Kier alpha value is -1.30. The molecule has 0 aromatic carbocycles. The molecule has 0 bridgehead atoms. The maximum absolute atomic E-state index is 12.2. The van der Waals surface area contributed by atoms with Crippen LogP contribution in [-0.2, 0) is 11.2 Å². The minimum absolute atomic E-state index is 0.0180. The number of carbonyl (C=O) groups excluding carboxylic acids is 1. The summed E-state index contributed by atoms with van der Waals surface area (Å²) in [5, 5.41) is 3.67. The lowest BCUT2D eigenvalue weighted by atomic mass is 9.78. The average molecular weight is 337 g/mol. The highest BCUT2D eigenvalue weighted by Crippen LogP contribution is 2.29. The molecule has 23 heavy (non-hydrogen) atoms. The van der Waals surface area contributed by atoms with E-state index in [4.69, 9.17) is 0 Å². The first-order valence-electron chi connectivity index (χ1n) is 8.52. The van der Waals surface area contributed by atoms with Crippen molar-refractivity contribution in [1.82, 2.24) is 15.3 Å². The van der Waals surface area contributed by atoms with E-state index in [2.05, 4.69) is 36.1 Å². The van der Waals surface area contributed by atoms with Crippen molar-refractivity contribution < 1.29 is 4.79 Å². The van der Waals surface area contributed by atoms with Crippen LogP contribution >= 0.6 is 11.8 Å². The first kappa shape index (κ1) is 18.0. The van der Waals surface area contributed by atoms with Crippen LogP contribution in [0.3, 0.4) is 0 Å². The van der Waals surface area contributed by atoms with Crippen molar-refractivity contribution in [2.45, 2.75) is 64.1 Å². The first-order chi connectivity index (χ1) is 11.0. The maximum atomic E-state index is 12.2. The molecule has 1 aliphatic carbocycles. The molecule has 0 aliphatic heterocycles. The zero-order chi connectivity index (χ0) is 16.8. The molecule has 5 nitrogen and oxygen atoms in total. The number of carbonyl (C=O) groups is 1. The third-order valence-corrected chi connectivity index (χ3v) is 5.55. The van der Waals surface area contributed by atoms with Gasteiger partial charge in [0, 0.05) is 17.8 Å². The Labute approximate surface area is 142 Å². The van der Waals surface area contributed by atoms with Crippen molar-refractivity contribution in [3.8, 4) is 0 Å². The number of hydrogen-bond donors (Lipinski definition) is 2. The van der Waals surface area contributed by atoms with Gasteiger partial charge in [-0.05, 0) is 24.7 Å². The van der Waals surface area contributed by atoms with Gasteiger partial charge in [-0.3, -0.25) is 9.59 Å². The molecule has 1 amide bonds. The average Bonchev–Trinajstić information content (AvgIpc) is 2.50. The second-order valence-electron chi connectivity index (χ2n) is 6.52. The molecule has 1 aromatic heterocycles. The summed E-state index contributed by atoms with van der Waals surface area (Å²) < 4.78 is 0. The van der Waals surface area contributed by atoms with Gasteiger partial charge < -0.3 is 10.3 Å². The number of thioether (sulfide) groups is 1. The van der Waals surface area contributed by atoms with Crippen LogP contribution in [0.5, 0.6) is 0 Å². The highest BCUT2D eigenvalue weighted by Gasteiger charge is 2.28. The largest absolute Gasteiger partial charge is 0.352 e. The molecule has 0 spiro atoms. The van der Waals surface area contributed by atoms with Crippen LogP contribution in [0.1, 0.15) is 52.1 Å². The van der Waals surface area contributed by atoms with Gasteiger partial charge in [0.15, 0.2) is 5.16 Å². The normalized spacial score (nSPS) is 24.4. The Morgan fingerprint density at radius 3 is 2.96 bits per heavy atom. The monoisotopic (exact) mass is 337 g/mol. The number of H-pyrrole nitrogens is 1. The van der Waals surface area contributed by atoms with E-state index in [-0.39, 0.29) is 23.3 Å². The van der Waals surface area contributed by atoms with Crippen molar-refractivity contribution in [2.24, 2.45) is 11.8 Å². The van der Waals surface area contributed by atoms with Crippen LogP contribution < -0.4 is 10.9 Å². The Kier molecular flexibility index (Phi) is 6.69. The first-order valence-corrected chi connectivity index (χ1v) is 9.50. The lowest BCUT2D eigenvalue weighted by Crippen LogP contribution is -2.44. The van der Waals surface area contributed by atoms with E-state index in [1.807, 2.05) is 0 Å². The van der Waals surface area contributed by atoms with E-state index >= 15 is 0 Å². The van der Waals surface area contributed by atoms with E-state index in [1.54, 1.807) is 0 Å². The molecule has 2 rings (SSSR count). The highest BCUT2D eigenvalue weighted by atomic mass is 32.2. The zero-order valence-corrected chi connectivity index (χ0v) is 15.0. The van der Waals surface area contributed by atoms with Gasteiger partial charge in [0.25, 0.3) is 5.56 Å². The maximum Gasteiger partial charge on any atom is 0.251 e. The summed E-state index contributed by atoms with van der Waals surface area (Å²) in [5.41, 5.74) is 0.634. The van der Waals surface area contributed by atoms with Gasteiger partial charge in [0.2, 0.25) is 5.91 Å². The van der Waals surface area contributed by atoms with Gasteiger partial charge in [0.1, 0.15) is 0 Å². The number of nitrogens with one attached hydrogen (secondary N) is 2. The number of aromatic nitrogens is 2. The summed E-state index contributed by atoms with van der Waals surface area (Å²) >= 11 is 1.29. The molecule has 0 radical (unpaired) electrons. The molecule has 0 saturated heterocycles. The third-order valence-electron chi connectivity index (χ3n) is 4.67. The fourth-order valence-electron chi connectivity index (χ4n) is 3.10. The number of aryl methyl sites for hydroxylation is 1. The summed E-state index contributed by atoms with van der Waals surface area (Å²) in [6.07, 6.45) is 5.21. The van der Waals surface area contributed by atoms with Crippen LogP contribution in [0.15, 0.2) is 16.0 Å². The number of amides is 1. The Morgan fingerprint density at radius 2 is 2.22 bits per heavy atom. The van der Waals surface area contributed by atoms with Crippen LogP contribution in [0.25, 0.3) is 0 Å². The summed E-state index contributed by atoms with van der Waals surface area (Å²) in [5.74, 6) is 1.48. The van der Waals surface area contributed by atoms with E-state index in [1.165, 1.54) is 30.7 Å². The number of rotatable bonds is 6. The van der Waals surface area contributed by atoms with E-state index in [9.17, 15) is 9.59 Å². The summed E-state index contributed by atoms with van der Waals surface area (Å²) in [7, 11) is 0. The molecule has 3 atom stereocenters. The van der Waals surface area contributed by atoms with Gasteiger partial charge in [-0.2, -0.15) is 0 Å². The highest BCUT2D eigenvalue weighted by molar-refractivity contribution is 7.99. The number of aromatic amines is 1. The molecular formula is C17H27N3O2S. The second kappa shape index (κ2) is 8.52. The van der Waals surface area contributed by atoms with Gasteiger partial charge in [-0.25, -0.2) is 4.98 Å². The second-order valence-corrected chi connectivity index (χ2v) is 7.49. The molecule has 1 aromatic rings. The Morgan fingerprint density at radius 1 is 1.43 bits per heavy atom. The quantitative estimate of drug-likeness (QED) is 0.618. The zero-order valence-electron chi connectivity index (χ0n) is 14.2. The predicted molar refractivity (Wildman–Crippen MR) is 93.7 cm³/mol. The number of hydrogen-bond acceptors (Lipinski definition) is 4. The molecule has 2 N–H and O–H groups in total. The van der Waals surface area contributed by atoms with Crippen LogP contribution in [0, 0.1) is 11.8 Å². The van der Waals surface area contributed by atoms with Crippen molar-refractivity contribution in [3.05, 3.63) is 22.1 Å². The van der Waals surface area contributed by atoms with Gasteiger partial charge >= 0.3 is 0 Å². The molecule has 128 valence electrons. The molecule has 1 fully saturated rings. The van der Waals surface area contributed by atoms with Crippen molar-refractivity contribution in [3.63, 3.8) is 0 Å². The molecular weight excluding hydrogens is 310 g/mol. The molecule has 1 saturated carbocycles. The van der Waals surface area contributed by atoms with Crippen LogP contribution in [-0.4, -0.2) is 27.7 Å². The fourth-order valence-corrected chi connectivity index (χ4v) is 3.81. The molecule has 6 heteroatoms. The lowest BCUT2D eigenvalue weighted by molar-refractivity contribution is -0.120. The minimum Gasteiger partial charge on any atom is -0.352 e. The van der Waals surface area contributed by atoms with E-state index < -0.39 is 0 Å². The SMILES string of the molecule is CCCc1cc(=O)[nH]c(SCC(=O)N[C@@H]2CCC[C@@H](C)[C@@H]2C)n1. The molecule has 0 unspecified atom stereocenters. The lowest BCUT2D eigenvalue weighted by Gasteiger charge is -2.34. The Balaban J connectivity index is 1.88. The standard InChI is InChI=1S/C17H27N3O2S/c1-4-6-13-9-15(21)20-17(18-13)23-10-16(22)19-14-8-5-7-11(2)12(14)3/h9,11-12,14H,4-8,10H2,1-3H3,(H,19,22)(H,18,20,21)/t11-,12+,14-/m1/s1. The smallest absolute Gasteiger partial charge is 0.251 e. The fraction of sp³-hybridized carbons (Fsp3) is 0.706. The summed E-state index contributed by atoms with van der Waals surface area (Å²) in [6.45, 7) is 6.52. The van der Waals surface area contributed by atoms with Crippen molar-refractivity contribution >= 4 is 17.7 Å². The summed E-state index contributed by atoms with van der Waals surface area (Å²) in [4.78, 5) is 30.9. The number of nitrogens with zero attached hydrogens (tertiary/aromatic N) is 1. The predicted octanol–water partition coefficient (Wildman–Crippen LogP) is 2.76. The molecule has 1 heterocycles. The van der Waals surface area contributed by atoms with Crippen LogP contribution in [0.4, 0.5) is 0 Å². The van der Waals surface area contributed by atoms with Gasteiger partial charge in [-0.15, -0.1) is 0 Å².